The highest BCUT2D eigenvalue weighted by molar-refractivity contribution is 5.88. The van der Waals surface area contributed by atoms with Gasteiger partial charge in [-0.3, -0.25) is 9.59 Å². The number of hydrogen-bond acceptors (Lipinski definition) is 4. The Morgan fingerprint density at radius 2 is 1.83 bits per heavy atom. The summed E-state index contributed by atoms with van der Waals surface area (Å²) in [6.45, 7) is 2.12. The van der Waals surface area contributed by atoms with E-state index in [-0.39, 0.29) is 23.9 Å². The van der Waals surface area contributed by atoms with Gasteiger partial charge in [0.1, 0.15) is 11.6 Å². The lowest BCUT2D eigenvalue weighted by atomic mass is 9.96. The lowest BCUT2D eigenvalue weighted by Gasteiger charge is -2.21. The number of aromatic nitrogens is 2. The Hall–Kier alpha value is -3.67. The van der Waals surface area contributed by atoms with Crippen LogP contribution in [0.25, 0.3) is 21.7 Å². The first-order chi connectivity index (χ1) is 14.5. The van der Waals surface area contributed by atoms with Crippen molar-refractivity contribution in [1.82, 2.24) is 14.9 Å². The SMILES string of the molecule is COc1ccc2cc([C@H](C)C(=O)N(C)Cc3nc4ccccc4c(=O)[nH]3)ccc2c1. The Morgan fingerprint density at radius 3 is 2.63 bits per heavy atom. The van der Waals surface area contributed by atoms with Crippen molar-refractivity contribution >= 4 is 27.6 Å². The molecule has 0 radical (unpaired) electrons. The van der Waals surface area contributed by atoms with Gasteiger partial charge in [0, 0.05) is 7.05 Å². The molecule has 152 valence electrons. The molecule has 3 aromatic carbocycles. The summed E-state index contributed by atoms with van der Waals surface area (Å²) >= 11 is 0. The summed E-state index contributed by atoms with van der Waals surface area (Å²) in [4.78, 5) is 34.1. The summed E-state index contributed by atoms with van der Waals surface area (Å²) in [5.41, 5.74) is 1.36. The quantitative estimate of drug-likeness (QED) is 0.551. The van der Waals surface area contributed by atoms with E-state index in [0.717, 1.165) is 22.1 Å². The van der Waals surface area contributed by atoms with Crippen LogP contribution in [0.3, 0.4) is 0 Å². The summed E-state index contributed by atoms with van der Waals surface area (Å²) in [7, 11) is 3.36. The zero-order valence-electron chi connectivity index (χ0n) is 17.2. The molecule has 4 rings (SSSR count). The highest BCUT2D eigenvalue weighted by Gasteiger charge is 2.20. The fourth-order valence-electron chi connectivity index (χ4n) is 3.62. The van der Waals surface area contributed by atoms with Crippen LogP contribution in [0.2, 0.25) is 0 Å². The van der Waals surface area contributed by atoms with Gasteiger partial charge < -0.3 is 14.6 Å². The summed E-state index contributed by atoms with van der Waals surface area (Å²) < 4.78 is 5.27. The maximum atomic E-state index is 13.0. The standard InChI is InChI=1S/C24H23N3O3/c1-15(16-8-9-18-13-19(30-3)11-10-17(18)12-16)24(29)27(2)14-22-25-21-7-5-4-6-20(21)23(28)26-22/h4-13,15H,14H2,1-3H3,(H,25,26,28)/t15-/m0/s1. The van der Waals surface area contributed by atoms with Crippen molar-refractivity contribution in [2.75, 3.05) is 14.2 Å². The third-order valence-electron chi connectivity index (χ3n) is 5.37. The number of aromatic amines is 1. The van der Waals surface area contributed by atoms with Gasteiger partial charge in [0.05, 0.1) is 30.5 Å². The Balaban J connectivity index is 1.55. The Morgan fingerprint density at radius 1 is 1.10 bits per heavy atom. The molecule has 30 heavy (non-hydrogen) atoms. The van der Waals surface area contributed by atoms with Crippen molar-refractivity contribution in [2.45, 2.75) is 19.4 Å². The van der Waals surface area contributed by atoms with Crippen molar-refractivity contribution in [3.05, 3.63) is 82.4 Å². The molecule has 0 saturated carbocycles. The second-order valence-electron chi connectivity index (χ2n) is 7.42. The van der Waals surface area contributed by atoms with E-state index in [1.54, 1.807) is 37.3 Å². The van der Waals surface area contributed by atoms with Crippen molar-refractivity contribution < 1.29 is 9.53 Å². The molecule has 0 aliphatic rings. The molecule has 1 N–H and O–H groups in total. The molecule has 0 aliphatic heterocycles. The van der Waals surface area contributed by atoms with Gasteiger partial charge in [-0.2, -0.15) is 0 Å². The lowest BCUT2D eigenvalue weighted by molar-refractivity contribution is -0.131. The first-order valence-electron chi connectivity index (χ1n) is 9.77. The number of hydrogen-bond donors (Lipinski definition) is 1. The molecule has 0 bridgehead atoms. The van der Waals surface area contributed by atoms with E-state index in [1.165, 1.54) is 0 Å². The van der Waals surface area contributed by atoms with E-state index in [0.29, 0.717) is 16.7 Å². The van der Waals surface area contributed by atoms with Crippen LogP contribution in [0, 0.1) is 0 Å². The van der Waals surface area contributed by atoms with E-state index < -0.39 is 0 Å². The van der Waals surface area contributed by atoms with Gasteiger partial charge >= 0.3 is 0 Å². The first kappa shape index (κ1) is 19.6. The van der Waals surface area contributed by atoms with E-state index in [1.807, 2.05) is 49.4 Å². The van der Waals surface area contributed by atoms with Crippen LogP contribution in [0.4, 0.5) is 0 Å². The van der Waals surface area contributed by atoms with E-state index in [9.17, 15) is 9.59 Å². The number of H-pyrrole nitrogens is 1. The predicted molar refractivity (Wildman–Crippen MR) is 118 cm³/mol. The van der Waals surface area contributed by atoms with Crippen LogP contribution in [0.1, 0.15) is 24.2 Å². The second kappa shape index (κ2) is 7.99. The molecule has 6 heteroatoms. The average molecular weight is 401 g/mol. The number of benzene rings is 3. The Kier molecular flexibility index (Phi) is 5.23. The molecule has 1 atom stereocenters. The maximum Gasteiger partial charge on any atom is 0.258 e. The van der Waals surface area contributed by atoms with Crippen molar-refractivity contribution in [1.29, 1.82) is 0 Å². The highest BCUT2D eigenvalue weighted by Crippen LogP contribution is 2.26. The van der Waals surface area contributed by atoms with Gasteiger partial charge in [0.25, 0.3) is 5.56 Å². The number of amides is 1. The van der Waals surface area contributed by atoms with Crippen molar-refractivity contribution in [2.24, 2.45) is 0 Å². The molecule has 1 amide bonds. The normalized spacial score (nSPS) is 12.1. The number of para-hydroxylation sites is 1. The van der Waals surface area contributed by atoms with Crippen LogP contribution >= 0.6 is 0 Å². The minimum atomic E-state index is -0.325. The molecule has 1 heterocycles. The van der Waals surface area contributed by atoms with Crippen LogP contribution in [0.15, 0.2) is 65.5 Å². The van der Waals surface area contributed by atoms with Crippen molar-refractivity contribution in [3.8, 4) is 5.75 Å². The van der Waals surface area contributed by atoms with Gasteiger partial charge in [-0.15, -0.1) is 0 Å². The van der Waals surface area contributed by atoms with Gasteiger partial charge in [0.2, 0.25) is 5.91 Å². The number of carbonyl (C=O) groups excluding carboxylic acids is 1. The second-order valence-corrected chi connectivity index (χ2v) is 7.42. The molecular formula is C24H23N3O3. The number of ether oxygens (including phenoxy) is 1. The molecule has 6 nitrogen and oxygen atoms in total. The zero-order chi connectivity index (χ0) is 21.3. The molecular weight excluding hydrogens is 378 g/mol. The molecule has 0 saturated heterocycles. The molecule has 0 unspecified atom stereocenters. The number of fused-ring (bicyclic) bond motifs is 2. The maximum absolute atomic E-state index is 13.0. The third-order valence-corrected chi connectivity index (χ3v) is 5.37. The third kappa shape index (κ3) is 3.76. The molecule has 0 fully saturated rings. The average Bonchev–Trinajstić information content (AvgIpc) is 2.77. The van der Waals surface area contributed by atoms with E-state index in [2.05, 4.69) is 9.97 Å². The summed E-state index contributed by atoms with van der Waals surface area (Å²) in [6.07, 6.45) is 0. The van der Waals surface area contributed by atoms with Gasteiger partial charge in [-0.05, 0) is 47.5 Å². The number of methoxy groups -OCH3 is 1. The monoisotopic (exact) mass is 401 g/mol. The lowest BCUT2D eigenvalue weighted by Crippen LogP contribution is -2.31. The fourth-order valence-corrected chi connectivity index (χ4v) is 3.62. The van der Waals surface area contributed by atoms with Crippen molar-refractivity contribution in [3.63, 3.8) is 0 Å². The Bertz CT molecular complexity index is 1300. The van der Waals surface area contributed by atoms with Crippen LogP contribution in [0.5, 0.6) is 5.75 Å². The van der Waals surface area contributed by atoms with E-state index in [4.69, 9.17) is 4.74 Å². The van der Waals surface area contributed by atoms with Gasteiger partial charge in [0.15, 0.2) is 0 Å². The summed E-state index contributed by atoms with van der Waals surface area (Å²) in [6, 6.07) is 19.0. The van der Waals surface area contributed by atoms with E-state index >= 15 is 0 Å². The number of nitrogens with one attached hydrogen (secondary N) is 1. The zero-order valence-corrected chi connectivity index (χ0v) is 17.2. The fraction of sp³-hybridized carbons (Fsp3) is 0.208. The first-order valence-corrected chi connectivity index (χ1v) is 9.77. The smallest absolute Gasteiger partial charge is 0.258 e. The largest absolute Gasteiger partial charge is 0.497 e. The number of likely N-dealkylation sites (N-methyl/N-ethyl adjacent to an activating group) is 1. The van der Waals surface area contributed by atoms with Gasteiger partial charge in [-0.1, -0.05) is 36.4 Å². The van der Waals surface area contributed by atoms with Gasteiger partial charge in [-0.25, -0.2) is 4.98 Å². The summed E-state index contributed by atoms with van der Waals surface area (Å²) in [5.74, 6) is 0.899. The molecule has 0 spiro atoms. The minimum absolute atomic E-state index is 0.0429. The topological polar surface area (TPSA) is 75.3 Å². The van der Waals surface area contributed by atoms with Crippen LogP contribution in [-0.2, 0) is 11.3 Å². The Labute approximate surface area is 174 Å². The number of rotatable bonds is 5. The number of nitrogens with zero attached hydrogens (tertiary/aromatic N) is 2. The predicted octanol–water partition coefficient (Wildman–Crippen LogP) is 3.85. The number of carbonyl (C=O) groups is 1. The summed E-state index contributed by atoms with van der Waals surface area (Å²) in [5, 5.41) is 2.65. The highest BCUT2D eigenvalue weighted by atomic mass is 16.5. The molecule has 1 aromatic heterocycles. The van der Waals surface area contributed by atoms with Crippen LogP contribution in [-0.4, -0.2) is 34.9 Å². The molecule has 4 aromatic rings. The minimum Gasteiger partial charge on any atom is -0.497 e. The molecule has 0 aliphatic carbocycles. The van der Waals surface area contributed by atoms with Crippen LogP contribution < -0.4 is 10.3 Å².